The van der Waals surface area contributed by atoms with E-state index < -0.39 is 5.41 Å². The number of nitrogens with one attached hydrogen (secondary N) is 1. The molecule has 186 valence electrons. The van der Waals surface area contributed by atoms with Crippen LogP contribution in [0.2, 0.25) is 0 Å². The summed E-state index contributed by atoms with van der Waals surface area (Å²) < 4.78 is 5.41. The summed E-state index contributed by atoms with van der Waals surface area (Å²) >= 11 is 0. The summed E-state index contributed by atoms with van der Waals surface area (Å²) in [5.74, 6) is 0.918. The molecule has 1 N–H and O–H groups in total. The van der Waals surface area contributed by atoms with Crippen molar-refractivity contribution in [3.8, 4) is 0 Å². The van der Waals surface area contributed by atoms with E-state index in [-0.39, 0.29) is 22.4 Å². The van der Waals surface area contributed by atoms with Crippen LogP contribution in [0.25, 0.3) is 11.0 Å². The monoisotopic (exact) mass is 473 g/mol. The summed E-state index contributed by atoms with van der Waals surface area (Å²) in [7, 11) is 0. The van der Waals surface area contributed by atoms with Crippen LogP contribution in [0.15, 0.2) is 56.8 Å². The highest BCUT2D eigenvalue weighted by Gasteiger charge is 2.57. The van der Waals surface area contributed by atoms with E-state index in [1.54, 1.807) is 11.6 Å². The van der Waals surface area contributed by atoms with Crippen molar-refractivity contribution >= 4 is 22.6 Å². The first-order valence-electron chi connectivity index (χ1n) is 13.2. The van der Waals surface area contributed by atoms with Gasteiger partial charge in [-0.1, -0.05) is 58.8 Å². The Bertz CT molecular complexity index is 1310. The predicted octanol–water partition coefficient (Wildman–Crippen LogP) is 7.57. The summed E-state index contributed by atoms with van der Waals surface area (Å²) in [5, 5.41) is 4.09. The fourth-order valence-electron chi connectivity index (χ4n) is 7.41. The minimum absolute atomic E-state index is 0.0846. The number of benzene rings is 1. The van der Waals surface area contributed by atoms with Gasteiger partial charge < -0.3 is 9.73 Å². The highest BCUT2D eigenvalue weighted by Crippen LogP contribution is 2.62. The molecular formula is C31H39NO3. The molecule has 2 aromatic rings. The molecule has 0 radical (unpaired) electrons. The standard InChI is InChI=1S/C31H39NO3/c1-19-16-27(33)35-25-18-22(10-11-23(19)25)32-28(34)31(6)15-7-14-30(5)24-12-9-21(29(2,3)4)17-20(24)8-13-26(30)31/h8,10-11,16-18,24,26H,7,9,12-15H2,1-6H3,(H,32,34). The third-order valence-corrected chi connectivity index (χ3v) is 9.50. The molecule has 1 amide bonds. The Morgan fingerprint density at radius 2 is 1.91 bits per heavy atom. The summed E-state index contributed by atoms with van der Waals surface area (Å²) in [6, 6.07) is 7.12. The predicted molar refractivity (Wildman–Crippen MR) is 142 cm³/mol. The number of allylic oxidation sites excluding steroid dienone is 4. The summed E-state index contributed by atoms with van der Waals surface area (Å²) in [5.41, 5.74) is 4.67. The Hall–Kier alpha value is -2.62. The average Bonchev–Trinajstić information content (AvgIpc) is 2.77. The third kappa shape index (κ3) is 3.99. The second-order valence-electron chi connectivity index (χ2n) is 12.7. The van der Waals surface area contributed by atoms with Crippen LogP contribution in [0, 0.1) is 35.0 Å². The lowest BCUT2D eigenvalue weighted by atomic mass is 9.46. The highest BCUT2D eigenvalue weighted by atomic mass is 16.4. The molecular weight excluding hydrogens is 434 g/mol. The van der Waals surface area contributed by atoms with Crippen LogP contribution in [-0.4, -0.2) is 5.91 Å². The van der Waals surface area contributed by atoms with Crippen molar-refractivity contribution in [2.75, 3.05) is 5.32 Å². The van der Waals surface area contributed by atoms with Gasteiger partial charge in [-0.05, 0) is 85.0 Å². The van der Waals surface area contributed by atoms with Gasteiger partial charge in [0.2, 0.25) is 5.91 Å². The van der Waals surface area contributed by atoms with E-state index in [0.717, 1.165) is 36.6 Å². The van der Waals surface area contributed by atoms with E-state index in [0.29, 0.717) is 23.1 Å². The topological polar surface area (TPSA) is 59.3 Å². The van der Waals surface area contributed by atoms with E-state index >= 15 is 0 Å². The summed E-state index contributed by atoms with van der Waals surface area (Å²) in [6.07, 6.45) is 11.4. The molecule has 4 atom stereocenters. The van der Waals surface area contributed by atoms with Crippen LogP contribution in [0.3, 0.4) is 0 Å². The van der Waals surface area contributed by atoms with Crippen LogP contribution >= 0.6 is 0 Å². The zero-order valence-electron chi connectivity index (χ0n) is 22.1. The first-order chi connectivity index (χ1) is 16.4. The molecule has 4 heteroatoms. The maximum atomic E-state index is 13.9. The van der Waals surface area contributed by atoms with Gasteiger partial charge in [0.15, 0.2) is 0 Å². The minimum atomic E-state index is -0.439. The van der Waals surface area contributed by atoms with Gasteiger partial charge in [-0.3, -0.25) is 4.79 Å². The minimum Gasteiger partial charge on any atom is -0.423 e. The summed E-state index contributed by atoms with van der Waals surface area (Å²) in [4.78, 5) is 25.7. The number of hydrogen-bond acceptors (Lipinski definition) is 3. The van der Waals surface area contributed by atoms with Gasteiger partial charge in [0.1, 0.15) is 5.58 Å². The van der Waals surface area contributed by atoms with Crippen LogP contribution in [0.5, 0.6) is 0 Å². The Kier molecular flexibility index (Phi) is 5.65. The maximum Gasteiger partial charge on any atom is 0.336 e. The van der Waals surface area contributed by atoms with Crippen molar-refractivity contribution in [2.45, 2.75) is 80.1 Å². The van der Waals surface area contributed by atoms with Crippen molar-refractivity contribution in [3.63, 3.8) is 0 Å². The van der Waals surface area contributed by atoms with Crippen LogP contribution in [0.4, 0.5) is 5.69 Å². The van der Waals surface area contributed by atoms with Crippen molar-refractivity contribution in [3.05, 3.63) is 63.5 Å². The molecule has 3 aliphatic carbocycles. The molecule has 4 unspecified atom stereocenters. The number of amides is 1. The molecule has 5 rings (SSSR count). The lowest BCUT2D eigenvalue weighted by Gasteiger charge is -2.57. The van der Waals surface area contributed by atoms with Gasteiger partial charge in [0.25, 0.3) is 0 Å². The van der Waals surface area contributed by atoms with E-state index in [2.05, 4.69) is 52.1 Å². The number of carbonyl (C=O) groups is 1. The van der Waals surface area contributed by atoms with E-state index in [1.807, 2.05) is 19.1 Å². The van der Waals surface area contributed by atoms with Gasteiger partial charge >= 0.3 is 5.63 Å². The molecule has 1 aromatic carbocycles. The van der Waals surface area contributed by atoms with Gasteiger partial charge in [-0.15, -0.1) is 0 Å². The first-order valence-corrected chi connectivity index (χ1v) is 13.2. The Labute approximate surface area is 208 Å². The SMILES string of the molecule is Cc1cc(=O)oc2cc(NC(=O)C3(C)CCCC4(C)C5CCC(C(C)(C)C)=CC5=CCC34)ccc12. The lowest BCUT2D eigenvalue weighted by molar-refractivity contribution is -0.138. The summed E-state index contributed by atoms with van der Waals surface area (Å²) in [6.45, 7) is 13.5. The highest BCUT2D eigenvalue weighted by molar-refractivity contribution is 5.97. The second kappa shape index (κ2) is 8.21. The largest absolute Gasteiger partial charge is 0.423 e. The number of aryl methyl sites for hydroxylation is 1. The molecule has 0 spiro atoms. The molecule has 1 aromatic heterocycles. The Balaban J connectivity index is 1.44. The number of anilines is 1. The number of hydrogen-bond donors (Lipinski definition) is 1. The molecule has 1 fully saturated rings. The Morgan fingerprint density at radius 1 is 1.14 bits per heavy atom. The van der Waals surface area contributed by atoms with Gasteiger partial charge in [0.05, 0.1) is 5.41 Å². The first kappa shape index (κ1) is 24.1. The molecule has 3 aliphatic rings. The van der Waals surface area contributed by atoms with E-state index in [1.165, 1.54) is 24.5 Å². The zero-order valence-corrected chi connectivity index (χ0v) is 22.1. The average molecular weight is 474 g/mol. The molecule has 0 saturated heterocycles. The van der Waals surface area contributed by atoms with Crippen molar-refractivity contribution in [1.82, 2.24) is 0 Å². The van der Waals surface area contributed by atoms with Crippen molar-refractivity contribution in [1.29, 1.82) is 0 Å². The number of fused-ring (bicyclic) bond motifs is 4. The molecule has 0 bridgehead atoms. The molecule has 0 aliphatic heterocycles. The zero-order chi connectivity index (χ0) is 25.2. The Morgan fingerprint density at radius 3 is 2.66 bits per heavy atom. The quantitative estimate of drug-likeness (QED) is 0.458. The van der Waals surface area contributed by atoms with Gasteiger partial charge in [0, 0.05) is 23.2 Å². The smallest absolute Gasteiger partial charge is 0.336 e. The molecule has 4 nitrogen and oxygen atoms in total. The molecule has 1 saturated carbocycles. The molecule has 1 heterocycles. The fraction of sp³-hybridized carbons (Fsp3) is 0.548. The fourth-order valence-corrected chi connectivity index (χ4v) is 7.41. The molecule has 35 heavy (non-hydrogen) atoms. The number of rotatable bonds is 2. The van der Waals surface area contributed by atoms with Crippen LogP contribution < -0.4 is 10.9 Å². The van der Waals surface area contributed by atoms with E-state index in [4.69, 9.17) is 4.42 Å². The van der Waals surface area contributed by atoms with Crippen LogP contribution in [-0.2, 0) is 4.79 Å². The van der Waals surface area contributed by atoms with Gasteiger partial charge in [-0.2, -0.15) is 0 Å². The van der Waals surface area contributed by atoms with Crippen molar-refractivity contribution < 1.29 is 9.21 Å². The second-order valence-corrected chi connectivity index (χ2v) is 12.7. The number of carbonyl (C=O) groups excluding carboxylic acids is 1. The van der Waals surface area contributed by atoms with Crippen molar-refractivity contribution in [2.24, 2.45) is 28.1 Å². The van der Waals surface area contributed by atoms with E-state index in [9.17, 15) is 9.59 Å². The maximum absolute atomic E-state index is 13.9. The van der Waals surface area contributed by atoms with Crippen LogP contribution in [0.1, 0.15) is 78.7 Å². The third-order valence-electron chi connectivity index (χ3n) is 9.50. The van der Waals surface area contributed by atoms with Gasteiger partial charge in [-0.25, -0.2) is 4.79 Å². The lowest BCUT2D eigenvalue weighted by Crippen LogP contribution is -2.54. The normalized spacial score (nSPS) is 30.7.